The van der Waals surface area contributed by atoms with Crippen LogP contribution in [0.1, 0.15) is 11.7 Å². The largest absolute Gasteiger partial charge is 0.369 e. The van der Waals surface area contributed by atoms with Gasteiger partial charge in [-0.1, -0.05) is 6.07 Å². The Labute approximate surface area is 196 Å². The van der Waals surface area contributed by atoms with E-state index in [4.69, 9.17) is 0 Å². The number of rotatable bonds is 4. The van der Waals surface area contributed by atoms with Crippen LogP contribution in [0, 0.1) is 0 Å². The molecule has 3 aromatic heterocycles. The number of hydrogen-bond acceptors (Lipinski definition) is 8. The van der Waals surface area contributed by atoms with Gasteiger partial charge in [-0.05, 0) is 36.4 Å². The summed E-state index contributed by atoms with van der Waals surface area (Å²) in [5.74, 6) is 0.718. The van der Waals surface area contributed by atoms with Crippen molar-refractivity contribution in [3.63, 3.8) is 0 Å². The quantitative estimate of drug-likeness (QED) is 0.350. The number of anilines is 4. The van der Waals surface area contributed by atoms with E-state index in [-0.39, 0.29) is 0 Å². The minimum Gasteiger partial charge on any atom is -0.369 e. The van der Waals surface area contributed by atoms with Crippen LogP contribution >= 0.6 is 0 Å². The van der Waals surface area contributed by atoms with E-state index in [1.54, 1.807) is 29.2 Å². The van der Waals surface area contributed by atoms with Gasteiger partial charge in [-0.2, -0.15) is 18.1 Å². The second-order valence-corrected chi connectivity index (χ2v) is 9.62. The Morgan fingerprint density at radius 1 is 1.03 bits per heavy atom. The Hall–Kier alpha value is -3.74. The van der Waals surface area contributed by atoms with E-state index in [2.05, 4.69) is 52.1 Å². The van der Waals surface area contributed by atoms with E-state index in [1.807, 2.05) is 24.3 Å². The number of benzene rings is 1. The van der Waals surface area contributed by atoms with Gasteiger partial charge < -0.3 is 20.1 Å². The molecule has 174 valence electrons. The molecular weight excluding hydrogens is 454 g/mol. The monoisotopic (exact) mass is 477 g/mol. The minimum absolute atomic E-state index is 0.296. The van der Waals surface area contributed by atoms with E-state index < -0.39 is 16.4 Å². The van der Waals surface area contributed by atoms with Crippen molar-refractivity contribution < 1.29 is 8.42 Å². The third-order valence-electron chi connectivity index (χ3n) is 5.97. The van der Waals surface area contributed by atoms with Crippen molar-refractivity contribution in [1.29, 1.82) is 0 Å². The lowest BCUT2D eigenvalue weighted by Crippen LogP contribution is -2.43. The van der Waals surface area contributed by atoms with Gasteiger partial charge in [-0.15, -0.1) is 0 Å². The fourth-order valence-corrected chi connectivity index (χ4v) is 5.33. The molecule has 0 bridgehead atoms. The summed E-state index contributed by atoms with van der Waals surface area (Å²) in [6.45, 7) is 3.95. The molecule has 0 spiro atoms. The van der Waals surface area contributed by atoms with Crippen LogP contribution in [0.25, 0.3) is 11.0 Å². The minimum atomic E-state index is -3.76. The summed E-state index contributed by atoms with van der Waals surface area (Å²) in [5.41, 5.74) is 3.35. The molecule has 2 aliphatic heterocycles. The highest BCUT2D eigenvalue weighted by atomic mass is 32.2. The molecule has 1 atom stereocenters. The maximum Gasteiger partial charge on any atom is 0.302 e. The smallest absolute Gasteiger partial charge is 0.302 e. The molecule has 1 fully saturated rings. The Morgan fingerprint density at radius 2 is 1.85 bits per heavy atom. The highest BCUT2D eigenvalue weighted by Crippen LogP contribution is 2.31. The second-order valence-electron chi connectivity index (χ2n) is 8.17. The molecule has 1 aromatic carbocycles. The molecule has 5 heterocycles. The number of hydrogen-bond donors (Lipinski definition) is 4. The molecule has 1 unspecified atom stereocenters. The van der Waals surface area contributed by atoms with Crippen LogP contribution in [-0.4, -0.2) is 54.1 Å². The van der Waals surface area contributed by atoms with Gasteiger partial charge in [0, 0.05) is 67.1 Å². The summed E-state index contributed by atoms with van der Waals surface area (Å²) in [4.78, 5) is 15.6. The summed E-state index contributed by atoms with van der Waals surface area (Å²) >= 11 is 0. The normalized spacial score (nSPS) is 19.4. The van der Waals surface area contributed by atoms with Crippen LogP contribution < -0.4 is 25.0 Å². The van der Waals surface area contributed by atoms with Crippen LogP contribution in [0.15, 0.2) is 61.1 Å². The molecular formula is C22H23N9O2S. The van der Waals surface area contributed by atoms with Crippen LogP contribution in [0.2, 0.25) is 0 Å². The Balaban J connectivity index is 1.30. The Kier molecular flexibility index (Phi) is 5.05. The van der Waals surface area contributed by atoms with Crippen molar-refractivity contribution in [2.45, 2.75) is 6.17 Å². The first-order valence-electron chi connectivity index (χ1n) is 11.0. The molecule has 12 heteroatoms. The maximum absolute atomic E-state index is 12.4. The first kappa shape index (κ1) is 20.8. The van der Waals surface area contributed by atoms with Gasteiger partial charge in [-0.25, -0.2) is 9.97 Å². The fraction of sp³-hybridized carbons (Fsp3) is 0.227. The summed E-state index contributed by atoms with van der Waals surface area (Å²) in [6.07, 6.45) is 4.37. The van der Waals surface area contributed by atoms with Crippen molar-refractivity contribution in [2.75, 3.05) is 41.1 Å². The third kappa shape index (κ3) is 3.91. The molecule has 0 radical (unpaired) electrons. The van der Waals surface area contributed by atoms with Gasteiger partial charge in [-0.3, -0.25) is 4.72 Å². The standard InChI is InChI=1S/C22H23N9O2S/c32-34(33)28-19-18(2-1-8-24-19)21(29-34)31-11-7-15-14-25-22(27-20(15)31)26-16-3-5-17(6-4-16)30-12-9-23-10-13-30/h1-8,11,14,21,23,29H,9-10,12-13H2,(H,24,28)(H,25,26,27). The van der Waals surface area contributed by atoms with E-state index in [1.165, 1.54) is 5.69 Å². The zero-order valence-corrected chi connectivity index (χ0v) is 19.0. The van der Waals surface area contributed by atoms with E-state index in [9.17, 15) is 8.42 Å². The molecule has 34 heavy (non-hydrogen) atoms. The summed E-state index contributed by atoms with van der Waals surface area (Å²) in [7, 11) is -3.76. The lowest BCUT2D eigenvalue weighted by molar-refractivity contribution is 0.523. The van der Waals surface area contributed by atoms with Crippen molar-refractivity contribution in [1.82, 2.24) is 29.6 Å². The summed E-state index contributed by atoms with van der Waals surface area (Å²) in [5, 5.41) is 7.41. The van der Waals surface area contributed by atoms with Crippen molar-refractivity contribution >= 4 is 44.4 Å². The first-order chi connectivity index (χ1) is 16.6. The topological polar surface area (TPSA) is 129 Å². The number of nitrogens with one attached hydrogen (secondary N) is 4. The second kappa shape index (κ2) is 8.24. The summed E-state index contributed by atoms with van der Waals surface area (Å²) in [6, 6.07) is 13.6. The zero-order valence-electron chi connectivity index (χ0n) is 18.1. The third-order valence-corrected chi connectivity index (χ3v) is 6.97. The molecule has 2 aliphatic rings. The molecule has 11 nitrogen and oxygen atoms in total. The lowest BCUT2D eigenvalue weighted by atomic mass is 10.2. The van der Waals surface area contributed by atoms with E-state index >= 15 is 0 Å². The van der Waals surface area contributed by atoms with Crippen molar-refractivity contribution in [3.05, 3.63) is 66.6 Å². The van der Waals surface area contributed by atoms with Gasteiger partial charge in [0.2, 0.25) is 5.95 Å². The highest BCUT2D eigenvalue weighted by molar-refractivity contribution is 7.90. The van der Waals surface area contributed by atoms with Gasteiger partial charge in [0.05, 0.1) is 0 Å². The van der Waals surface area contributed by atoms with Gasteiger partial charge in [0.15, 0.2) is 0 Å². The summed E-state index contributed by atoms with van der Waals surface area (Å²) < 4.78 is 31.6. The van der Waals surface area contributed by atoms with E-state index in [0.29, 0.717) is 23.0 Å². The molecule has 4 aromatic rings. The number of pyridine rings is 1. The van der Waals surface area contributed by atoms with Crippen LogP contribution in [0.5, 0.6) is 0 Å². The number of piperazine rings is 1. The van der Waals surface area contributed by atoms with Gasteiger partial charge >= 0.3 is 10.2 Å². The molecule has 4 N–H and O–H groups in total. The van der Waals surface area contributed by atoms with Crippen molar-refractivity contribution in [3.8, 4) is 0 Å². The first-order valence-corrected chi connectivity index (χ1v) is 12.5. The predicted molar refractivity (Wildman–Crippen MR) is 130 cm³/mol. The molecule has 0 aliphatic carbocycles. The fourth-order valence-electron chi connectivity index (χ4n) is 4.31. The van der Waals surface area contributed by atoms with E-state index in [0.717, 1.165) is 37.3 Å². The highest BCUT2D eigenvalue weighted by Gasteiger charge is 2.31. The molecule has 6 rings (SSSR count). The van der Waals surface area contributed by atoms with Crippen LogP contribution in [0.3, 0.4) is 0 Å². The number of aromatic nitrogens is 4. The zero-order chi connectivity index (χ0) is 23.1. The van der Waals surface area contributed by atoms with Gasteiger partial charge in [0.1, 0.15) is 17.6 Å². The van der Waals surface area contributed by atoms with Crippen LogP contribution in [-0.2, 0) is 10.2 Å². The van der Waals surface area contributed by atoms with Crippen molar-refractivity contribution in [2.24, 2.45) is 0 Å². The van der Waals surface area contributed by atoms with Gasteiger partial charge in [0.25, 0.3) is 0 Å². The maximum atomic E-state index is 12.4. The lowest BCUT2D eigenvalue weighted by Gasteiger charge is -2.29. The molecule has 0 saturated carbocycles. The SMILES string of the molecule is O=S1(=O)Nc2ncccc2C(n2ccc3cnc(Nc4ccc(N5CCNCC5)cc4)nc32)N1. The molecule has 1 saturated heterocycles. The average Bonchev–Trinajstić information content (AvgIpc) is 3.27. The predicted octanol–water partition coefficient (Wildman–Crippen LogP) is 1.79. The number of fused-ring (bicyclic) bond motifs is 2. The molecule has 0 amide bonds. The Bertz CT molecular complexity index is 1450. The van der Waals surface area contributed by atoms with Crippen LogP contribution in [0.4, 0.5) is 23.1 Å². The average molecular weight is 478 g/mol. The number of nitrogens with zero attached hydrogens (tertiary/aromatic N) is 5. The Morgan fingerprint density at radius 3 is 2.68 bits per heavy atom.